The van der Waals surface area contributed by atoms with Gasteiger partial charge in [0.25, 0.3) is 16.6 Å². The van der Waals surface area contributed by atoms with Crippen LogP contribution in [0.2, 0.25) is 0 Å². The molecule has 18 heavy (non-hydrogen) atoms. The maximum absolute atomic E-state index is 10.1. The molecule has 1 unspecified atom stereocenters. The lowest BCUT2D eigenvalue weighted by molar-refractivity contribution is -0.788. The first-order valence-corrected chi connectivity index (χ1v) is 6.93. The van der Waals surface area contributed by atoms with Gasteiger partial charge in [-0.25, -0.2) is 0 Å². The summed E-state index contributed by atoms with van der Waals surface area (Å²) in [6.07, 6.45) is -1.03. The molecule has 104 valence electrons. The summed E-state index contributed by atoms with van der Waals surface area (Å²) < 4.78 is 4.42. The van der Waals surface area contributed by atoms with Gasteiger partial charge in [0.1, 0.15) is 19.3 Å². The molecule has 0 saturated carbocycles. The molecule has 0 aromatic heterocycles. The molecule has 0 aromatic rings. The second kappa shape index (κ2) is 10.7. The molecule has 0 aliphatic heterocycles. The Morgan fingerprint density at radius 2 is 1.94 bits per heavy atom. The van der Waals surface area contributed by atoms with E-state index < -0.39 is 22.9 Å². The summed E-state index contributed by atoms with van der Waals surface area (Å²) >= 11 is 0. The van der Waals surface area contributed by atoms with Crippen molar-refractivity contribution in [3.05, 3.63) is 20.2 Å². The van der Waals surface area contributed by atoms with Crippen LogP contribution in [0, 0.1) is 20.2 Å². The zero-order valence-electron chi connectivity index (χ0n) is 8.96. The van der Waals surface area contributed by atoms with Gasteiger partial charge in [0.05, 0.1) is 0 Å². The van der Waals surface area contributed by atoms with Crippen LogP contribution in [0.15, 0.2) is 0 Å². The van der Waals surface area contributed by atoms with E-state index in [4.69, 9.17) is 0 Å². The fourth-order valence-electron chi connectivity index (χ4n) is 0.688. The first-order valence-electron chi connectivity index (χ1n) is 4.44. The lowest BCUT2D eigenvalue weighted by Gasteiger charge is -2.12. The topological polar surface area (TPSA) is 131 Å². The standard InChI is InChI=1S/C6H10N2O8S2/c9-5-14-1-2-17-18-4-6(16-8(12)13)3-15-7(10)11/h5-6H,1-4H2. The highest BCUT2D eigenvalue weighted by Gasteiger charge is 2.15. The second-order valence-corrected chi connectivity index (χ2v) is 5.17. The summed E-state index contributed by atoms with van der Waals surface area (Å²) in [5.74, 6) is 0.616. The third kappa shape index (κ3) is 11.1. The van der Waals surface area contributed by atoms with Crippen LogP contribution in [0.5, 0.6) is 0 Å². The fourth-order valence-corrected chi connectivity index (χ4v) is 2.68. The molecule has 0 aromatic carbocycles. The maximum atomic E-state index is 10.1. The number of hydrogen-bond acceptors (Lipinski definition) is 10. The van der Waals surface area contributed by atoms with Crippen molar-refractivity contribution < 1.29 is 29.4 Å². The lowest BCUT2D eigenvalue weighted by Crippen LogP contribution is -2.26. The molecule has 1 atom stereocenters. The van der Waals surface area contributed by atoms with Gasteiger partial charge >= 0.3 is 0 Å². The SMILES string of the molecule is O=COCCSSCC(CO[N+](=O)[O-])O[N+](=O)[O-]. The molecule has 0 N–H and O–H groups in total. The number of carbonyl (C=O) groups is 1. The third-order valence-corrected chi connectivity index (χ3v) is 3.71. The molecule has 0 aliphatic carbocycles. The van der Waals surface area contributed by atoms with E-state index in [1.54, 1.807) is 0 Å². The molecule has 10 nitrogen and oxygen atoms in total. The van der Waals surface area contributed by atoms with Crippen LogP contribution >= 0.6 is 21.6 Å². The predicted octanol–water partition coefficient (Wildman–Crippen LogP) is 0.326. The molecule has 0 heterocycles. The molecule has 0 rings (SSSR count). The van der Waals surface area contributed by atoms with Gasteiger partial charge in [-0.05, 0) is 0 Å². The number of rotatable bonds is 12. The predicted molar refractivity (Wildman–Crippen MR) is 61.7 cm³/mol. The van der Waals surface area contributed by atoms with E-state index in [0.29, 0.717) is 12.2 Å². The molecule has 0 bridgehead atoms. The highest BCUT2D eigenvalue weighted by Crippen LogP contribution is 2.22. The molecule has 0 radical (unpaired) electrons. The van der Waals surface area contributed by atoms with E-state index in [0.717, 1.165) is 0 Å². The minimum Gasteiger partial charge on any atom is -0.467 e. The van der Waals surface area contributed by atoms with Crippen molar-refractivity contribution in [2.75, 3.05) is 24.7 Å². The van der Waals surface area contributed by atoms with E-state index in [9.17, 15) is 25.0 Å². The average molecular weight is 302 g/mol. The van der Waals surface area contributed by atoms with Crippen LogP contribution in [-0.4, -0.2) is 47.5 Å². The molecule has 0 amide bonds. The van der Waals surface area contributed by atoms with Crippen molar-refractivity contribution in [3.63, 3.8) is 0 Å². The van der Waals surface area contributed by atoms with E-state index in [2.05, 4.69) is 14.4 Å². The highest BCUT2D eigenvalue weighted by atomic mass is 33.1. The molecular weight excluding hydrogens is 292 g/mol. The minimum atomic E-state index is -1.05. The Labute approximate surface area is 109 Å². The Bertz CT molecular complexity index is 278. The Morgan fingerprint density at radius 3 is 2.50 bits per heavy atom. The summed E-state index contributed by atoms with van der Waals surface area (Å²) in [4.78, 5) is 38.0. The van der Waals surface area contributed by atoms with Crippen LogP contribution in [0.4, 0.5) is 0 Å². The largest absolute Gasteiger partial charge is 0.467 e. The summed E-state index contributed by atoms with van der Waals surface area (Å²) in [5, 5.41) is 18.0. The van der Waals surface area contributed by atoms with Crippen LogP contribution in [0.25, 0.3) is 0 Å². The first kappa shape index (κ1) is 16.6. The average Bonchev–Trinajstić information content (AvgIpc) is 2.29. The summed E-state index contributed by atoms with van der Waals surface area (Å²) in [5.41, 5.74) is 0. The van der Waals surface area contributed by atoms with Crippen LogP contribution in [0.3, 0.4) is 0 Å². The monoisotopic (exact) mass is 302 g/mol. The molecule has 0 spiro atoms. The number of nitrogens with zero attached hydrogens (tertiary/aromatic N) is 2. The Hall–Kier alpha value is -1.43. The van der Waals surface area contributed by atoms with Gasteiger partial charge in [0, 0.05) is 11.5 Å². The maximum Gasteiger partial charge on any atom is 0.294 e. The van der Waals surface area contributed by atoms with E-state index >= 15 is 0 Å². The van der Waals surface area contributed by atoms with Gasteiger partial charge in [-0.15, -0.1) is 20.2 Å². The molecule has 0 fully saturated rings. The second-order valence-electron chi connectivity index (χ2n) is 2.54. The summed E-state index contributed by atoms with van der Waals surface area (Å²) in [6.45, 7) is 0.00844. The summed E-state index contributed by atoms with van der Waals surface area (Å²) in [7, 11) is 2.48. The van der Waals surface area contributed by atoms with Crippen LogP contribution < -0.4 is 0 Å². The molecule has 12 heteroatoms. The van der Waals surface area contributed by atoms with Crippen LogP contribution in [-0.2, 0) is 19.2 Å². The Balaban J connectivity index is 3.74. The zero-order chi connectivity index (χ0) is 13.8. The summed E-state index contributed by atoms with van der Waals surface area (Å²) in [6, 6.07) is 0. The van der Waals surface area contributed by atoms with Crippen molar-refractivity contribution in [2.45, 2.75) is 6.10 Å². The fraction of sp³-hybridized carbons (Fsp3) is 0.833. The lowest BCUT2D eigenvalue weighted by atomic mass is 10.4. The van der Waals surface area contributed by atoms with Gasteiger partial charge in [-0.1, -0.05) is 21.6 Å². The van der Waals surface area contributed by atoms with Gasteiger partial charge in [-0.2, -0.15) is 0 Å². The highest BCUT2D eigenvalue weighted by molar-refractivity contribution is 8.76. The van der Waals surface area contributed by atoms with Gasteiger partial charge in [-0.3, -0.25) is 4.79 Å². The van der Waals surface area contributed by atoms with Crippen LogP contribution in [0.1, 0.15) is 0 Å². The van der Waals surface area contributed by atoms with Gasteiger partial charge in [0.2, 0.25) is 0 Å². The van der Waals surface area contributed by atoms with Crippen molar-refractivity contribution in [2.24, 2.45) is 0 Å². The third-order valence-electron chi connectivity index (χ3n) is 1.29. The van der Waals surface area contributed by atoms with Gasteiger partial charge in [0.15, 0.2) is 0 Å². The van der Waals surface area contributed by atoms with E-state index in [1.807, 2.05) is 0 Å². The quantitative estimate of drug-likeness (QED) is 0.163. The first-order chi connectivity index (χ1) is 8.56. The normalized spacial score (nSPS) is 11.3. The molecular formula is C6H10N2O8S2. The smallest absolute Gasteiger partial charge is 0.294 e. The molecule has 0 aliphatic rings. The minimum absolute atomic E-state index is 0.126. The number of ether oxygens (including phenoxy) is 1. The van der Waals surface area contributed by atoms with E-state index in [-0.39, 0.29) is 12.4 Å². The van der Waals surface area contributed by atoms with Gasteiger partial charge < -0.3 is 14.4 Å². The molecule has 0 saturated heterocycles. The van der Waals surface area contributed by atoms with Crippen molar-refractivity contribution in [3.8, 4) is 0 Å². The van der Waals surface area contributed by atoms with E-state index in [1.165, 1.54) is 21.6 Å². The Morgan fingerprint density at radius 1 is 1.22 bits per heavy atom. The Kier molecular flexibility index (Phi) is 9.86. The number of carbonyl (C=O) groups excluding carboxylic acids is 1. The van der Waals surface area contributed by atoms with Crippen molar-refractivity contribution in [1.29, 1.82) is 0 Å². The van der Waals surface area contributed by atoms with Crippen molar-refractivity contribution >= 4 is 28.1 Å². The number of hydrogen-bond donors (Lipinski definition) is 0. The zero-order valence-corrected chi connectivity index (χ0v) is 10.6. The van der Waals surface area contributed by atoms with Crippen molar-refractivity contribution in [1.82, 2.24) is 0 Å².